The molecule has 1 aliphatic heterocycles. The third-order valence-corrected chi connectivity index (χ3v) is 4.70. The molecule has 2 amide bonds. The van der Waals surface area contributed by atoms with Crippen LogP contribution in [0.15, 0.2) is 43.0 Å². The maximum Gasteiger partial charge on any atom is 0.253 e. The molecule has 0 saturated carbocycles. The molecule has 2 heterocycles. The van der Waals surface area contributed by atoms with E-state index < -0.39 is 0 Å². The summed E-state index contributed by atoms with van der Waals surface area (Å²) in [6.07, 6.45) is 2.99. The zero-order valence-corrected chi connectivity index (χ0v) is 15.2. The number of benzene rings is 1. The van der Waals surface area contributed by atoms with E-state index in [1.165, 1.54) is 6.08 Å². The fraction of sp³-hybridized carbons (Fsp3) is 0.350. The summed E-state index contributed by atoms with van der Waals surface area (Å²) in [7, 11) is 0. The zero-order chi connectivity index (χ0) is 18.7. The van der Waals surface area contributed by atoms with E-state index in [-0.39, 0.29) is 11.8 Å². The van der Waals surface area contributed by atoms with Gasteiger partial charge >= 0.3 is 0 Å². The molecule has 26 heavy (non-hydrogen) atoms. The SMILES string of the molecule is C=CC(=O)Nc1cccc(C(=O)N2CCC(n3nc(C)cc3C)CC2)c1. The molecule has 6 nitrogen and oxygen atoms in total. The molecule has 1 aliphatic rings. The Hall–Kier alpha value is -2.89. The highest BCUT2D eigenvalue weighted by Gasteiger charge is 2.26. The van der Waals surface area contributed by atoms with Gasteiger partial charge in [-0.05, 0) is 57.0 Å². The highest BCUT2D eigenvalue weighted by Crippen LogP contribution is 2.25. The molecule has 0 atom stereocenters. The van der Waals surface area contributed by atoms with E-state index in [0.717, 1.165) is 24.2 Å². The average molecular weight is 352 g/mol. The molecule has 1 fully saturated rings. The third-order valence-electron chi connectivity index (χ3n) is 4.70. The van der Waals surface area contributed by atoms with Gasteiger partial charge in [-0.2, -0.15) is 5.10 Å². The number of carbonyl (C=O) groups excluding carboxylic acids is 2. The molecule has 1 aromatic carbocycles. The lowest BCUT2D eigenvalue weighted by atomic mass is 10.0. The van der Waals surface area contributed by atoms with Crippen LogP contribution >= 0.6 is 0 Å². The normalized spacial score (nSPS) is 14.9. The second-order valence-corrected chi connectivity index (χ2v) is 6.67. The van der Waals surface area contributed by atoms with Crippen LogP contribution in [0.5, 0.6) is 0 Å². The van der Waals surface area contributed by atoms with Crippen molar-refractivity contribution in [2.24, 2.45) is 0 Å². The molecule has 0 unspecified atom stereocenters. The molecular weight excluding hydrogens is 328 g/mol. The molecule has 136 valence electrons. The van der Waals surface area contributed by atoms with Crippen molar-refractivity contribution in [1.29, 1.82) is 0 Å². The summed E-state index contributed by atoms with van der Waals surface area (Å²) < 4.78 is 2.09. The number of anilines is 1. The van der Waals surface area contributed by atoms with Crippen molar-refractivity contribution in [3.63, 3.8) is 0 Å². The van der Waals surface area contributed by atoms with Crippen LogP contribution in [0.2, 0.25) is 0 Å². The highest BCUT2D eigenvalue weighted by atomic mass is 16.2. The number of nitrogens with one attached hydrogen (secondary N) is 1. The number of amides is 2. The van der Waals surface area contributed by atoms with Gasteiger partial charge in [0.15, 0.2) is 0 Å². The predicted octanol–water partition coefficient (Wildman–Crippen LogP) is 3.10. The summed E-state index contributed by atoms with van der Waals surface area (Å²) in [5, 5.41) is 7.26. The van der Waals surface area contributed by atoms with Gasteiger partial charge in [0, 0.05) is 30.0 Å². The fourth-order valence-electron chi connectivity index (χ4n) is 3.44. The number of hydrogen-bond acceptors (Lipinski definition) is 3. The van der Waals surface area contributed by atoms with Crippen molar-refractivity contribution in [3.05, 3.63) is 59.9 Å². The van der Waals surface area contributed by atoms with E-state index in [4.69, 9.17) is 0 Å². The summed E-state index contributed by atoms with van der Waals surface area (Å²) in [5.41, 5.74) is 3.37. The van der Waals surface area contributed by atoms with E-state index in [1.54, 1.807) is 24.3 Å². The Morgan fingerprint density at radius 2 is 1.96 bits per heavy atom. The maximum absolute atomic E-state index is 12.8. The Bertz CT molecular complexity index is 832. The number of aromatic nitrogens is 2. The smallest absolute Gasteiger partial charge is 0.253 e. The third kappa shape index (κ3) is 3.85. The molecule has 0 bridgehead atoms. The van der Waals surface area contributed by atoms with Gasteiger partial charge in [0.25, 0.3) is 5.91 Å². The van der Waals surface area contributed by atoms with Gasteiger partial charge in [0.05, 0.1) is 11.7 Å². The molecule has 6 heteroatoms. The number of likely N-dealkylation sites (tertiary alicyclic amines) is 1. The quantitative estimate of drug-likeness (QED) is 0.860. The minimum absolute atomic E-state index is 0.00785. The minimum atomic E-state index is -0.291. The van der Waals surface area contributed by atoms with Crippen molar-refractivity contribution >= 4 is 17.5 Å². The van der Waals surface area contributed by atoms with Crippen LogP contribution < -0.4 is 5.32 Å². The summed E-state index contributed by atoms with van der Waals surface area (Å²) in [6, 6.07) is 9.43. The monoisotopic (exact) mass is 352 g/mol. The molecule has 0 aliphatic carbocycles. The van der Waals surface area contributed by atoms with Gasteiger partial charge in [0.2, 0.25) is 5.91 Å². The van der Waals surface area contributed by atoms with Crippen LogP contribution in [0.4, 0.5) is 5.69 Å². The van der Waals surface area contributed by atoms with Gasteiger partial charge in [-0.1, -0.05) is 12.6 Å². The Morgan fingerprint density at radius 1 is 1.23 bits per heavy atom. The van der Waals surface area contributed by atoms with Crippen LogP contribution in [-0.4, -0.2) is 39.6 Å². The first-order chi connectivity index (χ1) is 12.5. The molecule has 0 radical (unpaired) electrons. The summed E-state index contributed by atoms with van der Waals surface area (Å²) in [6.45, 7) is 8.90. The van der Waals surface area contributed by atoms with Crippen molar-refractivity contribution in [2.75, 3.05) is 18.4 Å². The lowest BCUT2D eigenvalue weighted by Crippen LogP contribution is -2.39. The van der Waals surface area contributed by atoms with Crippen LogP contribution in [-0.2, 0) is 4.79 Å². The first-order valence-corrected chi connectivity index (χ1v) is 8.83. The predicted molar refractivity (Wildman–Crippen MR) is 101 cm³/mol. The summed E-state index contributed by atoms with van der Waals surface area (Å²) in [5.74, 6) is -0.299. The van der Waals surface area contributed by atoms with E-state index in [0.29, 0.717) is 30.4 Å². The van der Waals surface area contributed by atoms with E-state index >= 15 is 0 Å². The summed E-state index contributed by atoms with van der Waals surface area (Å²) >= 11 is 0. The van der Waals surface area contributed by atoms with E-state index in [9.17, 15) is 9.59 Å². The largest absolute Gasteiger partial charge is 0.338 e. The molecule has 3 rings (SSSR count). The second kappa shape index (κ2) is 7.56. The van der Waals surface area contributed by atoms with Gasteiger partial charge in [-0.25, -0.2) is 0 Å². The molecule has 0 spiro atoms. The maximum atomic E-state index is 12.8. The van der Waals surface area contributed by atoms with Crippen LogP contribution in [0.3, 0.4) is 0 Å². The number of piperidine rings is 1. The first-order valence-electron chi connectivity index (χ1n) is 8.83. The van der Waals surface area contributed by atoms with Crippen LogP contribution in [0.25, 0.3) is 0 Å². The number of carbonyl (C=O) groups is 2. The lowest BCUT2D eigenvalue weighted by Gasteiger charge is -2.32. The number of hydrogen-bond donors (Lipinski definition) is 1. The zero-order valence-electron chi connectivity index (χ0n) is 15.2. The molecule has 2 aromatic rings. The molecule has 1 aromatic heterocycles. The highest BCUT2D eigenvalue weighted by molar-refractivity contribution is 6.00. The topological polar surface area (TPSA) is 67.2 Å². The van der Waals surface area contributed by atoms with Gasteiger partial charge < -0.3 is 10.2 Å². The minimum Gasteiger partial charge on any atom is -0.338 e. The standard InChI is InChI=1S/C20H24N4O2/c1-4-19(25)21-17-7-5-6-16(13-17)20(26)23-10-8-18(9-11-23)24-15(3)12-14(2)22-24/h4-7,12-13,18H,1,8-11H2,2-3H3,(H,21,25). The van der Waals surface area contributed by atoms with Crippen molar-refractivity contribution < 1.29 is 9.59 Å². The number of nitrogens with zero attached hydrogens (tertiary/aromatic N) is 3. The molecular formula is C20H24N4O2. The average Bonchev–Trinajstić information content (AvgIpc) is 2.99. The Labute approximate surface area is 153 Å². The van der Waals surface area contributed by atoms with Crippen LogP contribution in [0, 0.1) is 13.8 Å². The second-order valence-electron chi connectivity index (χ2n) is 6.67. The molecule has 1 N–H and O–H groups in total. The fourth-order valence-corrected chi connectivity index (χ4v) is 3.44. The van der Waals surface area contributed by atoms with Crippen molar-refractivity contribution in [2.45, 2.75) is 32.7 Å². The van der Waals surface area contributed by atoms with E-state index in [1.807, 2.05) is 11.8 Å². The summed E-state index contributed by atoms with van der Waals surface area (Å²) in [4.78, 5) is 26.1. The molecule has 1 saturated heterocycles. The lowest BCUT2D eigenvalue weighted by molar-refractivity contribution is -0.111. The Kier molecular flexibility index (Phi) is 5.21. The van der Waals surface area contributed by atoms with Crippen LogP contribution in [0.1, 0.15) is 40.6 Å². The Morgan fingerprint density at radius 3 is 2.58 bits per heavy atom. The van der Waals surface area contributed by atoms with E-state index in [2.05, 4.69) is 34.7 Å². The van der Waals surface area contributed by atoms with Gasteiger partial charge in [-0.15, -0.1) is 0 Å². The number of rotatable bonds is 4. The Balaban J connectivity index is 1.65. The van der Waals surface area contributed by atoms with Gasteiger partial charge in [0.1, 0.15) is 0 Å². The number of aryl methyl sites for hydroxylation is 2. The van der Waals surface area contributed by atoms with Crippen molar-refractivity contribution in [1.82, 2.24) is 14.7 Å². The van der Waals surface area contributed by atoms with Gasteiger partial charge in [-0.3, -0.25) is 14.3 Å². The van der Waals surface area contributed by atoms with Crippen molar-refractivity contribution in [3.8, 4) is 0 Å². The first kappa shape index (κ1) is 17.9.